The Balaban J connectivity index is 1.98. The molecule has 28 heavy (non-hydrogen) atoms. The van der Waals surface area contributed by atoms with E-state index in [0.29, 0.717) is 29.0 Å². The minimum Gasteiger partial charge on any atom is -0.507 e. The Labute approximate surface area is 164 Å². The van der Waals surface area contributed by atoms with E-state index in [0.717, 1.165) is 18.1 Å². The molecule has 0 unspecified atom stereocenters. The number of carbonyl (C=O) groups is 2. The number of aromatic hydroxyl groups is 1. The second-order valence-corrected chi connectivity index (χ2v) is 6.19. The summed E-state index contributed by atoms with van der Waals surface area (Å²) < 4.78 is 11.4. The van der Waals surface area contributed by atoms with Gasteiger partial charge in [-0.1, -0.05) is 25.5 Å². The van der Waals surface area contributed by atoms with Crippen LogP contribution in [0.2, 0.25) is 0 Å². The molecule has 2 rings (SSSR count). The first-order valence-electron chi connectivity index (χ1n) is 9.04. The van der Waals surface area contributed by atoms with Crippen molar-refractivity contribution in [1.82, 2.24) is 0 Å². The van der Waals surface area contributed by atoms with Crippen LogP contribution in [0.25, 0.3) is 6.08 Å². The number of benzene rings is 2. The van der Waals surface area contributed by atoms with Gasteiger partial charge in [0, 0.05) is 11.6 Å². The van der Waals surface area contributed by atoms with Crippen molar-refractivity contribution in [3.05, 3.63) is 59.2 Å². The standard InChI is InChI=1S/C22H24O6/c1-3-5-19-20(10-9-18(15(2)23)22(19)26)28-13-12-27-17-7-4-6-16(14-17)8-11-21(24)25/h4,6-11,14,26H,3,5,12-13H2,1-2H3,(H,24,25)/b11-8+. The molecule has 2 aromatic rings. The van der Waals surface area contributed by atoms with E-state index >= 15 is 0 Å². The van der Waals surface area contributed by atoms with E-state index in [1.165, 1.54) is 13.0 Å². The fourth-order valence-electron chi connectivity index (χ4n) is 2.72. The first kappa shape index (κ1) is 21.0. The zero-order chi connectivity index (χ0) is 20.5. The summed E-state index contributed by atoms with van der Waals surface area (Å²) in [5, 5.41) is 19.0. The van der Waals surface area contributed by atoms with Crippen molar-refractivity contribution < 1.29 is 29.3 Å². The number of aliphatic carboxylic acids is 1. The number of hydrogen-bond acceptors (Lipinski definition) is 5. The van der Waals surface area contributed by atoms with Crippen LogP contribution >= 0.6 is 0 Å². The molecule has 0 atom stereocenters. The molecule has 0 spiro atoms. The zero-order valence-electron chi connectivity index (χ0n) is 16.0. The van der Waals surface area contributed by atoms with Crippen LogP contribution in [-0.2, 0) is 11.2 Å². The summed E-state index contributed by atoms with van der Waals surface area (Å²) in [7, 11) is 0. The average molecular weight is 384 g/mol. The minimum absolute atomic E-state index is 0.0225. The molecule has 0 aliphatic heterocycles. The van der Waals surface area contributed by atoms with Crippen molar-refractivity contribution in [3.63, 3.8) is 0 Å². The molecule has 148 valence electrons. The number of Topliss-reactive ketones (excluding diaryl/α,β-unsaturated/α-hetero) is 1. The molecule has 0 aliphatic rings. The van der Waals surface area contributed by atoms with E-state index in [4.69, 9.17) is 14.6 Å². The Morgan fingerprint density at radius 2 is 1.86 bits per heavy atom. The maximum absolute atomic E-state index is 11.6. The van der Waals surface area contributed by atoms with Crippen LogP contribution in [0.3, 0.4) is 0 Å². The van der Waals surface area contributed by atoms with Gasteiger partial charge in [0.05, 0.1) is 5.56 Å². The third-order valence-electron chi connectivity index (χ3n) is 4.01. The van der Waals surface area contributed by atoms with E-state index in [9.17, 15) is 14.7 Å². The van der Waals surface area contributed by atoms with Gasteiger partial charge in [0.15, 0.2) is 5.78 Å². The molecule has 0 fully saturated rings. The number of ketones is 1. The minimum atomic E-state index is -1.01. The summed E-state index contributed by atoms with van der Waals surface area (Å²) in [6, 6.07) is 10.3. The van der Waals surface area contributed by atoms with E-state index in [1.54, 1.807) is 36.4 Å². The van der Waals surface area contributed by atoms with Crippen LogP contribution in [0.5, 0.6) is 17.2 Å². The molecule has 6 heteroatoms. The number of hydrogen-bond donors (Lipinski definition) is 2. The highest BCUT2D eigenvalue weighted by Crippen LogP contribution is 2.33. The molecular formula is C22H24O6. The third-order valence-corrected chi connectivity index (χ3v) is 4.01. The maximum atomic E-state index is 11.6. The van der Waals surface area contributed by atoms with Crippen molar-refractivity contribution in [2.24, 2.45) is 0 Å². The first-order chi connectivity index (χ1) is 13.4. The largest absolute Gasteiger partial charge is 0.507 e. The Morgan fingerprint density at radius 3 is 2.54 bits per heavy atom. The summed E-state index contributed by atoms with van der Waals surface area (Å²) in [6.45, 7) is 3.93. The number of carbonyl (C=O) groups excluding carboxylic acids is 1. The predicted octanol–water partition coefficient (Wildman–Crippen LogP) is 4.10. The fraction of sp³-hybridized carbons (Fsp3) is 0.273. The van der Waals surface area contributed by atoms with Crippen LogP contribution in [-0.4, -0.2) is 35.2 Å². The SMILES string of the molecule is CCCc1c(OCCOc2cccc(/C=C/C(=O)O)c2)ccc(C(C)=O)c1O. The quantitative estimate of drug-likeness (QED) is 0.364. The number of phenols is 1. The second kappa shape index (κ2) is 10.2. The summed E-state index contributed by atoms with van der Waals surface area (Å²) in [4.78, 5) is 22.2. The molecule has 0 saturated heterocycles. The van der Waals surface area contributed by atoms with Gasteiger partial charge in [-0.3, -0.25) is 4.79 Å². The van der Waals surface area contributed by atoms with Gasteiger partial charge in [0.2, 0.25) is 0 Å². The summed E-state index contributed by atoms with van der Waals surface area (Å²) >= 11 is 0. The van der Waals surface area contributed by atoms with E-state index in [2.05, 4.69) is 0 Å². The van der Waals surface area contributed by atoms with E-state index in [1.807, 2.05) is 6.92 Å². The Kier molecular flexibility index (Phi) is 7.63. The first-order valence-corrected chi connectivity index (χ1v) is 9.04. The highest BCUT2D eigenvalue weighted by molar-refractivity contribution is 5.97. The Hall–Kier alpha value is -3.28. The fourth-order valence-corrected chi connectivity index (χ4v) is 2.72. The summed E-state index contributed by atoms with van der Waals surface area (Å²) in [5.41, 5.74) is 1.63. The lowest BCUT2D eigenvalue weighted by Gasteiger charge is -2.15. The van der Waals surface area contributed by atoms with Gasteiger partial charge in [-0.25, -0.2) is 4.79 Å². The van der Waals surface area contributed by atoms with Gasteiger partial charge in [0.25, 0.3) is 0 Å². The van der Waals surface area contributed by atoms with Gasteiger partial charge in [0.1, 0.15) is 30.5 Å². The molecule has 6 nitrogen and oxygen atoms in total. The van der Waals surface area contributed by atoms with E-state index in [-0.39, 0.29) is 24.7 Å². The van der Waals surface area contributed by atoms with Crippen LogP contribution in [0, 0.1) is 0 Å². The maximum Gasteiger partial charge on any atom is 0.328 e. The average Bonchev–Trinajstić information content (AvgIpc) is 2.66. The lowest BCUT2D eigenvalue weighted by atomic mass is 10.0. The van der Waals surface area contributed by atoms with Crippen molar-refractivity contribution in [2.75, 3.05) is 13.2 Å². The molecular weight excluding hydrogens is 360 g/mol. The van der Waals surface area contributed by atoms with Gasteiger partial charge in [-0.05, 0) is 49.2 Å². The van der Waals surface area contributed by atoms with Crippen LogP contribution in [0.1, 0.15) is 41.8 Å². The lowest BCUT2D eigenvalue weighted by molar-refractivity contribution is -0.131. The topological polar surface area (TPSA) is 93.1 Å². The summed E-state index contributed by atoms with van der Waals surface area (Å²) in [5.74, 6) is -0.0975. The lowest BCUT2D eigenvalue weighted by Crippen LogP contribution is -2.10. The molecule has 0 bridgehead atoms. The third kappa shape index (κ3) is 5.87. The van der Waals surface area contributed by atoms with Crippen molar-refractivity contribution in [2.45, 2.75) is 26.7 Å². The molecule has 0 aromatic heterocycles. The highest BCUT2D eigenvalue weighted by atomic mass is 16.5. The molecule has 2 N–H and O–H groups in total. The number of carboxylic acids is 1. The Bertz CT molecular complexity index is 869. The number of carboxylic acid groups (broad SMARTS) is 1. The smallest absolute Gasteiger partial charge is 0.328 e. The van der Waals surface area contributed by atoms with Crippen LogP contribution < -0.4 is 9.47 Å². The molecule has 0 amide bonds. The highest BCUT2D eigenvalue weighted by Gasteiger charge is 2.15. The molecule has 0 saturated carbocycles. The second-order valence-electron chi connectivity index (χ2n) is 6.19. The Morgan fingerprint density at radius 1 is 1.11 bits per heavy atom. The molecule has 2 aromatic carbocycles. The van der Waals surface area contributed by atoms with Crippen molar-refractivity contribution >= 4 is 17.8 Å². The molecule has 0 heterocycles. The monoisotopic (exact) mass is 384 g/mol. The van der Waals surface area contributed by atoms with Gasteiger partial charge >= 0.3 is 5.97 Å². The molecule has 0 radical (unpaired) electrons. The molecule has 0 aliphatic carbocycles. The van der Waals surface area contributed by atoms with Crippen molar-refractivity contribution in [3.8, 4) is 17.2 Å². The summed E-state index contributed by atoms with van der Waals surface area (Å²) in [6.07, 6.45) is 3.95. The van der Waals surface area contributed by atoms with E-state index < -0.39 is 5.97 Å². The van der Waals surface area contributed by atoms with Crippen molar-refractivity contribution in [1.29, 1.82) is 0 Å². The number of phenolic OH excluding ortho intramolecular Hbond substituents is 1. The van der Waals surface area contributed by atoms with Crippen LogP contribution in [0.4, 0.5) is 0 Å². The number of ether oxygens (including phenoxy) is 2. The van der Waals surface area contributed by atoms with Crippen LogP contribution in [0.15, 0.2) is 42.5 Å². The normalized spacial score (nSPS) is 10.8. The predicted molar refractivity (Wildman–Crippen MR) is 106 cm³/mol. The number of rotatable bonds is 10. The zero-order valence-corrected chi connectivity index (χ0v) is 16.0. The van der Waals surface area contributed by atoms with Gasteiger partial charge < -0.3 is 19.7 Å². The van der Waals surface area contributed by atoms with Gasteiger partial charge in [-0.2, -0.15) is 0 Å². The van der Waals surface area contributed by atoms with Gasteiger partial charge in [-0.15, -0.1) is 0 Å².